The van der Waals surface area contributed by atoms with Crippen LogP contribution >= 0.6 is 0 Å². The molecule has 0 aromatic rings. The van der Waals surface area contributed by atoms with Crippen LogP contribution in [0.25, 0.3) is 0 Å². The van der Waals surface area contributed by atoms with Gasteiger partial charge in [-0.1, -0.05) is 6.92 Å². The molecule has 0 saturated heterocycles. The van der Waals surface area contributed by atoms with E-state index in [1.54, 1.807) is 6.92 Å². The number of carbonyl (C=O) groups is 1. The highest BCUT2D eigenvalue weighted by Crippen LogP contribution is 2.01. The zero-order valence-electron chi connectivity index (χ0n) is 7.26. The number of nitrogens with two attached hydrogens (primary N) is 1. The summed E-state index contributed by atoms with van der Waals surface area (Å²) in [5.41, 5.74) is 5.21. The lowest BCUT2D eigenvalue weighted by Gasteiger charge is -2.19. The molecular formula is C7H14F2N2O. The second-order valence-corrected chi connectivity index (χ2v) is 2.75. The van der Waals surface area contributed by atoms with E-state index in [0.717, 1.165) is 4.90 Å². The van der Waals surface area contributed by atoms with E-state index in [0.29, 0.717) is 0 Å². The van der Waals surface area contributed by atoms with Crippen molar-refractivity contribution in [3.63, 3.8) is 0 Å². The van der Waals surface area contributed by atoms with E-state index < -0.39 is 13.0 Å². The minimum Gasteiger partial charge on any atom is -0.340 e. The van der Waals surface area contributed by atoms with E-state index in [1.807, 2.05) is 0 Å². The van der Waals surface area contributed by atoms with Gasteiger partial charge in [0.15, 0.2) is 0 Å². The standard InChI is InChI=1S/C7H14F2N2O/c1-5(3-10)7(12)11(2)4-6(8)9/h5-6H,3-4,10H2,1-2H3. The molecule has 0 spiro atoms. The average molecular weight is 180 g/mol. The Labute approximate surface area is 70.5 Å². The highest BCUT2D eigenvalue weighted by Gasteiger charge is 2.18. The van der Waals surface area contributed by atoms with Crippen molar-refractivity contribution in [2.24, 2.45) is 11.7 Å². The molecule has 0 radical (unpaired) electrons. The van der Waals surface area contributed by atoms with E-state index in [-0.39, 0.29) is 18.4 Å². The van der Waals surface area contributed by atoms with E-state index in [1.165, 1.54) is 7.05 Å². The Morgan fingerprint density at radius 2 is 2.08 bits per heavy atom. The number of hydrogen-bond donors (Lipinski definition) is 1. The normalized spacial score (nSPS) is 13.2. The topological polar surface area (TPSA) is 46.3 Å². The minimum atomic E-state index is -2.48. The molecule has 0 aliphatic heterocycles. The summed E-state index contributed by atoms with van der Waals surface area (Å²) in [6, 6.07) is 0. The number of nitrogens with zero attached hydrogens (tertiary/aromatic N) is 1. The van der Waals surface area contributed by atoms with Crippen molar-refractivity contribution >= 4 is 5.91 Å². The number of carbonyl (C=O) groups excluding carboxylic acids is 1. The van der Waals surface area contributed by atoms with Gasteiger partial charge >= 0.3 is 0 Å². The van der Waals surface area contributed by atoms with E-state index in [9.17, 15) is 13.6 Å². The molecular weight excluding hydrogens is 166 g/mol. The SMILES string of the molecule is CC(CN)C(=O)N(C)CC(F)F. The van der Waals surface area contributed by atoms with Gasteiger partial charge in [0.05, 0.1) is 6.54 Å². The molecule has 1 atom stereocenters. The van der Waals surface area contributed by atoms with Gasteiger partial charge in [-0.25, -0.2) is 8.78 Å². The van der Waals surface area contributed by atoms with Crippen molar-refractivity contribution in [1.82, 2.24) is 4.90 Å². The average Bonchev–Trinajstić information content (AvgIpc) is 2.00. The van der Waals surface area contributed by atoms with Gasteiger partial charge < -0.3 is 10.6 Å². The molecule has 0 rings (SSSR count). The van der Waals surface area contributed by atoms with E-state index in [4.69, 9.17) is 5.73 Å². The smallest absolute Gasteiger partial charge is 0.255 e. The van der Waals surface area contributed by atoms with Crippen LogP contribution in [-0.2, 0) is 4.79 Å². The summed E-state index contributed by atoms with van der Waals surface area (Å²) >= 11 is 0. The Bertz CT molecular complexity index is 152. The van der Waals surface area contributed by atoms with Gasteiger partial charge in [0.2, 0.25) is 5.91 Å². The zero-order chi connectivity index (χ0) is 9.72. The predicted octanol–water partition coefficient (Wildman–Crippen LogP) is 0.305. The lowest BCUT2D eigenvalue weighted by atomic mass is 10.1. The third-order valence-electron chi connectivity index (χ3n) is 1.56. The molecule has 0 aliphatic carbocycles. The maximum atomic E-state index is 11.8. The Balaban J connectivity index is 3.92. The van der Waals surface area contributed by atoms with Crippen molar-refractivity contribution in [3.8, 4) is 0 Å². The zero-order valence-corrected chi connectivity index (χ0v) is 7.26. The first-order valence-electron chi connectivity index (χ1n) is 3.72. The molecule has 0 aromatic heterocycles. The van der Waals surface area contributed by atoms with Gasteiger partial charge in [0.1, 0.15) is 0 Å². The number of hydrogen-bond acceptors (Lipinski definition) is 2. The summed E-state index contributed by atoms with van der Waals surface area (Å²) in [5, 5.41) is 0. The summed E-state index contributed by atoms with van der Waals surface area (Å²) < 4.78 is 23.6. The Morgan fingerprint density at radius 3 is 2.42 bits per heavy atom. The molecule has 0 aromatic carbocycles. The lowest BCUT2D eigenvalue weighted by molar-refractivity contribution is -0.135. The second kappa shape index (κ2) is 5.03. The fourth-order valence-corrected chi connectivity index (χ4v) is 0.774. The molecule has 3 nitrogen and oxygen atoms in total. The molecule has 5 heteroatoms. The van der Waals surface area contributed by atoms with Crippen molar-refractivity contribution in [2.75, 3.05) is 20.1 Å². The van der Waals surface area contributed by atoms with Crippen LogP contribution in [0.1, 0.15) is 6.92 Å². The highest BCUT2D eigenvalue weighted by atomic mass is 19.3. The summed E-state index contributed by atoms with van der Waals surface area (Å²) in [6.07, 6.45) is -2.48. The predicted molar refractivity (Wildman–Crippen MR) is 41.9 cm³/mol. The fourth-order valence-electron chi connectivity index (χ4n) is 0.774. The third kappa shape index (κ3) is 3.61. The molecule has 2 N–H and O–H groups in total. The number of rotatable bonds is 4. The van der Waals surface area contributed by atoms with E-state index in [2.05, 4.69) is 0 Å². The fraction of sp³-hybridized carbons (Fsp3) is 0.857. The molecule has 1 unspecified atom stereocenters. The van der Waals surface area contributed by atoms with Crippen LogP contribution in [0.5, 0.6) is 0 Å². The third-order valence-corrected chi connectivity index (χ3v) is 1.56. The van der Waals surface area contributed by atoms with Gasteiger partial charge in [-0.15, -0.1) is 0 Å². The van der Waals surface area contributed by atoms with Gasteiger partial charge in [-0.05, 0) is 0 Å². The van der Waals surface area contributed by atoms with Crippen LogP contribution < -0.4 is 5.73 Å². The second-order valence-electron chi connectivity index (χ2n) is 2.75. The Hall–Kier alpha value is -0.710. The number of amides is 1. The van der Waals surface area contributed by atoms with Crippen LogP contribution in [0.4, 0.5) is 8.78 Å². The van der Waals surface area contributed by atoms with Gasteiger partial charge in [0, 0.05) is 19.5 Å². The van der Waals surface area contributed by atoms with Crippen LogP contribution in [0, 0.1) is 5.92 Å². The highest BCUT2D eigenvalue weighted by molar-refractivity contribution is 5.78. The molecule has 12 heavy (non-hydrogen) atoms. The minimum absolute atomic E-state index is 0.187. The first-order valence-corrected chi connectivity index (χ1v) is 3.72. The van der Waals surface area contributed by atoms with Crippen LogP contribution in [0.3, 0.4) is 0 Å². The van der Waals surface area contributed by atoms with Gasteiger partial charge in [-0.2, -0.15) is 0 Å². The van der Waals surface area contributed by atoms with E-state index >= 15 is 0 Å². The van der Waals surface area contributed by atoms with Crippen molar-refractivity contribution in [3.05, 3.63) is 0 Å². The monoisotopic (exact) mass is 180 g/mol. The van der Waals surface area contributed by atoms with Crippen LogP contribution in [0.15, 0.2) is 0 Å². The number of alkyl halides is 2. The van der Waals surface area contributed by atoms with Gasteiger partial charge in [0.25, 0.3) is 6.43 Å². The summed E-state index contributed by atoms with van der Waals surface area (Å²) in [4.78, 5) is 12.1. The first-order chi connectivity index (χ1) is 5.49. The lowest BCUT2D eigenvalue weighted by Crippen LogP contribution is -2.37. The Morgan fingerprint density at radius 1 is 1.58 bits per heavy atom. The summed E-state index contributed by atoms with van der Waals surface area (Å²) in [7, 11) is 1.35. The first kappa shape index (κ1) is 11.3. The molecule has 0 bridgehead atoms. The number of halogens is 2. The molecule has 0 heterocycles. The molecule has 0 aliphatic rings. The van der Waals surface area contributed by atoms with Crippen molar-refractivity contribution in [1.29, 1.82) is 0 Å². The molecule has 1 amide bonds. The van der Waals surface area contributed by atoms with Gasteiger partial charge in [-0.3, -0.25) is 4.79 Å². The van der Waals surface area contributed by atoms with Crippen LogP contribution in [0.2, 0.25) is 0 Å². The van der Waals surface area contributed by atoms with Crippen LogP contribution in [-0.4, -0.2) is 37.4 Å². The quantitative estimate of drug-likeness (QED) is 0.676. The maximum absolute atomic E-state index is 11.8. The molecule has 0 fully saturated rings. The largest absolute Gasteiger partial charge is 0.340 e. The van der Waals surface area contributed by atoms with Crippen molar-refractivity contribution < 1.29 is 13.6 Å². The molecule has 0 saturated carbocycles. The maximum Gasteiger partial charge on any atom is 0.255 e. The summed E-state index contributed by atoms with van der Waals surface area (Å²) in [6.45, 7) is 1.28. The van der Waals surface area contributed by atoms with Crippen molar-refractivity contribution in [2.45, 2.75) is 13.3 Å². The Kier molecular flexibility index (Phi) is 4.73. The summed E-state index contributed by atoms with van der Waals surface area (Å²) in [5.74, 6) is -0.716. The molecule has 72 valence electrons.